The van der Waals surface area contributed by atoms with Crippen LogP contribution in [0.1, 0.15) is 45.1 Å². The normalized spacial score (nSPS) is 11.3. The summed E-state index contributed by atoms with van der Waals surface area (Å²) in [7, 11) is 0. The molecule has 0 unspecified atom stereocenters. The number of halogens is 1. The second kappa shape index (κ2) is 6.13. The highest BCUT2D eigenvalue weighted by Crippen LogP contribution is 2.14. The van der Waals surface area contributed by atoms with Crippen molar-refractivity contribution in [3.63, 3.8) is 0 Å². The second-order valence-corrected chi connectivity index (χ2v) is 4.45. The van der Waals surface area contributed by atoms with E-state index in [4.69, 9.17) is 11.6 Å². The highest BCUT2D eigenvalue weighted by molar-refractivity contribution is 6.30. The predicted octanol–water partition coefficient (Wildman–Crippen LogP) is 2.90. The van der Waals surface area contributed by atoms with Gasteiger partial charge >= 0.3 is 0 Å². The van der Waals surface area contributed by atoms with Crippen LogP contribution >= 0.6 is 11.6 Å². The number of hydrogen-bond donors (Lipinski definition) is 2. The van der Waals surface area contributed by atoms with E-state index in [2.05, 4.69) is 36.1 Å². The summed E-state index contributed by atoms with van der Waals surface area (Å²) in [6.45, 7) is 7.16. The standard InChI is InChI=1S/C11H20ClN3/c1-4-5-6-10-14-9(11(12)15-10)7-13-8(2)3/h8,13H,4-7H2,1-3H3,(H,14,15). The molecule has 0 amide bonds. The number of nitrogens with one attached hydrogen (secondary N) is 2. The topological polar surface area (TPSA) is 40.7 Å². The Morgan fingerprint density at radius 2 is 2.20 bits per heavy atom. The van der Waals surface area contributed by atoms with Crippen molar-refractivity contribution in [3.05, 3.63) is 16.7 Å². The summed E-state index contributed by atoms with van der Waals surface area (Å²) in [5, 5.41) is 3.92. The molecule has 1 rings (SSSR count). The zero-order valence-corrected chi connectivity index (χ0v) is 10.5. The van der Waals surface area contributed by atoms with Gasteiger partial charge in [0.1, 0.15) is 5.82 Å². The number of hydrogen-bond acceptors (Lipinski definition) is 2. The van der Waals surface area contributed by atoms with Gasteiger partial charge in [-0.25, -0.2) is 4.98 Å². The highest BCUT2D eigenvalue weighted by Gasteiger charge is 2.07. The SMILES string of the molecule is CCCCc1nc(Cl)c(CNC(C)C)[nH]1. The Bertz CT molecular complexity index is 294. The number of aryl methyl sites for hydroxylation is 1. The molecule has 0 aliphatic rings. The van der Waals surface area contributed by atoms with Gasteiger partial charge in [0.25, 0.3) is 0 Å². The molecule has 0 atom stereocenters. The Morgan fingerprint density at radius 1 is 1.47 bits per heavy atom. The van der Waals surface area contributed by atoms with Crippen LogP contribution in [-0.4, -0.2) is 16.0 Å². The molecule has 0 fully saturated rings. The molecule has 1 aromatic heterocycles. The van der Waals surface area contributed by atoms with Crippen LogP contribution in [0.25, 0.3) is 0 Å². The van der Waals surface area contributed by atoms with Gasteiger partial charge in [-0.3, -0.25) is 0 Å². The molecule has 0 bridgehead atoms. The van der Waals surface area contributed by atoms with Crippen molar-refractivity contribution in [3.8, 4) is 0 Å². The Kier molecular flexibility index (Phi) is 5.12. The van der Waals surface area contributed by atoms with Crippen LogP contribution in [-0.2, 0) is 13.0 Å². The summed E-state index contributed by atoms with van der Waals surface area (Å²) >= 11 is 6.02. The summed E-state index contributed by atoms with van der Waals surface area (Å²) < 4.78 is 0. The molecule has 0 aliphatic carbocycles. The molecule has 0 saturated heterocycles. The maximum Gasteiger partial charge on any atom is 0.151 e. The first-order chi connectivity index (χ1) is 7.13. The molecule has 0 spiro atoms. The first-order valence-electron chi connectivity index (χ1n) is 5.60. The smallest absolute Gasteiger partial charge is 0.151 e. The van der Waals surface area contributed by atoms with Gasteiger partial charge in [-0.1, -0.05) is 38.8 Å². The molecular formula is C11H20ClN3. The number of rotatable bonds is 6. The Morgan fingerprint density at radius 3 is 2.80 bits per heavy atom. The minimum Gasteiger partial charge on any atom is -0.344 e. The van der Waals surface area contributed by atoms with E-state index in [9.17, 15) is 0 Å². The van der Waals surface area contributed by atoms with Crippen molar-refractivity contribution in [1.29, 1.82) is 0 Å². The Labute approximate surface area is 96.6 Å². The average molecular weight is 230 g/mol. The number of unbranched alkanes of at least 4 members (excludes halogenated alkanes) is 1. The fourth-order valence-electron chi connectivity index (χ4n) is 1.33. The quantitative estimate of drug-likeness (QED) is 0.788. The van der Waals surface area contributed by atoms with Gasteiger partial charge in [0.2, 0.25) is 0 Å². The summed E-state index contributed by atoms with van der Waals surface area (Å²) in [5.74, 6) is 1.00. The van der Waals surface area contributed by atoms with E-state index in [0.29, 0.717) is 11.2 Å². The molecule has 86 valence electrons. The minimum absolute atomic E-state index is 0.462. The zero-order chi connectivity index (χ0) is 11.3. The van der Waals surface area contributed by atoms with Crippen LogP contribution in [0.4, 0.5) is 0 Å². The third-order valence-corrected chi connectivity index (χ3v) is 2.54. The molecule has 0 aromatic carbocycles. The summed E-state index contributed by atoms with van der Waals surface area (Å²) in [5.41, 5.74) is 0.997. The number of H-pyrrole nitrogens is 1. The van der Waals surface area contributed by atoms with E-state index in [1.807, 2.05) is 0 Å². The summed E-state index contributed by atoms with van der Waals surface area (Å²) in [6.07, 6.45) is 3.32. The van der Waals surface area contributed by atoms with Crippen molar-refractivity contribution < 1.29 is 0 Å². The van der Waals surface area contributed by atoms with E-state index in [1.165, 1.54) is 6.42 Å². The van der Waals surface area contributed by atoms with Crippen molar-refractivity contribution >= 4 is 11.6 Å². The van der Waals surface area contributed by atoms with Crippen molar-refractivity contribution in [2.75, 3.05) is 0 Å². The van der Waals surface area contributed by atoms with Gasteiger partial charge < -0.3 is 10.3 Å². The summed E-state index contributed by atoms with van der Waals surface area (Å²) in [4.78, 5) is 7.56. The molecule has 0 saturated carbocycles. The van der Waals surface area contributed by atoms with Gasteiger partial charge in [-0.15, -0.1) is 0 Å². The molecule has 1 aromatic rings. The zero-order valence-electron chi connectivity index (χ0n) is 9.73. The third kappa shape index (κ3) is 4.22. The molecule has 2 N–H and O–H groups in total. The fourth-order valence-corrected chi connectivity index (χ4v) is 1.54. The molecule has 0 radical (unpaired) electrons. The molecule has 4 heteroatoms. The van der Waals surface area contributed by atoms with Gasteiger partial charge in [-0.2, -0.15) is 0 Å². The predicted molar refractivity (Wildman–Crippen MR) is 64.2 cm³/mol. The molecule has 3 nitrogen and oxygen atoms in total. The largest absolute Gasteiger partial charge is 0.344 e. The van der Waals surface area contributed by atoms with Crippen LogP contribution in [0, 0.1) is 0 Å². The van der Waals surface area contributed by atoms with Crippen molar-refractivity contribution in [1.82, 2.24) is 15.3 Å². The maximum atomic E-state index is 6.02. The minimum atomic E-state index is 0.462. The molecular weight excluding hydrogens is 210 g/mol. The third-order valence-electron chi connectivity index (χ3n) is 2.23. The Hall–Kier alpha value is -0.540. The van der Waals surface area contributed by atoms with E-state index in [0.717, 1.165) is 30.9 Å². The van der Waals surface area contributed by atoms with Gasteiger partial charge in [-0.05, 0) is 6.42 Å². The number of nitrogens with zero attached hydrogens (tertiary/aromatic N) is 1. The van der Waals surface area contributed by atoms with Crippen LogP contribution in [0.15, 0.2) is 0 Å². The van der Waals surface area contributed by atoms with Crippen molar-refractivity contribution in [2.24, 2.45) is 0 Å². The number of aromatic nitrogens is 2. The van der Waals surface area contributed by atoms with E-state index < -0.39 is 0 Å². The van der Waals surface area contributed by atoms with Gasteiger partial charge in [0.05, 0.1) is 5.69 Å². The lowest BCUT2D eigenvalue weighted by atomic mass is 10.2. The monoisotopic (exact) mass is 229 g/mol. The first kappa shape index (κ1) is 12.5. The van der Waals surface area contributed by atoms with E-state index in [1.54, 1.807) is 0 Å². The van der Waals surface area contributed by atoms with Crippen molar-refractivity contribution in [2.45, 2.75) is 52.6 Å². The number of imidazole rings is 1. The molecule has 1 heterocycles. The van der Waals surface area contributed by atoms with Crippen LogP contribution in [0.5, 0.6) is 0 Å². The van der Waals surface area contributed by atoms with Crippen LogP contribution in [0.2, 0.25) is 5.15 Å². The van der Waals surface area contributed by atoms with E-state index in [-0.39, 0.29) is 0 Å². The highest BCUT2D eigenvalue weighted by atomic mass is 35.5. The number of aromatic amines is 1. The van der Waals surface area contributed by atoms with Crippen LogP contribution in [0.3, 0.4) is 0 Å². The fraction of sp³-hybridized carbons (Fsp3) is 0.727. The van der Waals surface area contributed by atoms with Gasteiger partial charge in [0, 0.05) is 19.0 Å². The summed E-state index contributed by atoms with van der Waals surface area (Å²) in [6, 6.07) is 0.462. The van der Waals surface area contributed by atoms with Crippen LogP contribution < -0.4 is 5.32 Å². The lowest BCUT2D eigenvalue weighted by Gasteiger charge is -2.05. The Balaban J connectivity index is 2.52. The lowest BCUT2D eigenvalue weighted by Crippen LogP contribution is -2.22. The average Bonchev–Trinajstić information content (AvgIpc) is 2.53. The second-order valence-electron chi connectivity index (χ2n) is 4.09. The van der Waals surface area contributed by atoms with E-state index >= 15 is 0 Å². The molecule has 0 aliphatic heterocycles. The first-order valence-corrected chi connectivity index (χ1v) is 5.98. The molecule has 15 heavy (non-hydrogen) atoms. The van der Waals surface area contributed by atoms with Gasteiger partial charge in [0.15, 0.2) is 5.15 Å². The lowest BCUT2D eigenvalue weighted by molar-refractivity contribution is 0.582. The maximum absolute atomic E-state index is 6.02.